The van der Waals surface area contributed by atoms with E-state index in [-0.39, 0.29) is 68.0 Å². The smallest absolute Gasteiger partial charge is 0.338 e. The van der Waals surface area contributed by atoms with Crippen LogP contribution in [0.5, 0.6) is 0 Å². The number of rotatable bonds is 8. The molecule has 0 spiro atoms. The number of aliphatic imine (C=N–C) groups is 1. The minimum Gasteiger partial charge on any atom is -0.481 e. The van der Waals surface area contributed by atoms with Gasteiger partial charge in [0.05, 0.1) is 33.9 Å². The number of benzene rings is 2. The average Bonchev–Trinajstić information content (AvgIpc) is 2.94. The minimum absolute atomic E-state index is 0.0128. The normalized spacial score (nSPS) is 22.8. The number of nitrogens with zero attached hydrogens (tertiary/aromatic N) is 2. The van der Waals surface area contributed by atoms with E-state index < -0.39 is 78.9 Å². The van der Waals surface area contributed by atoms with Crippen molar-refractivity contribution >= 4 is 39.4 Å². The number of allylic oxidation sites excluding steroid dienone is 1. The van der Waals surface area contributed by atoms with Crippen LogP contribution in [0.1, 0.15) is 55.3 Å². The lowest BCUT2D eigenvalue weighted by molar-refractivity contribution is -0.144. The fourth-order valence-corrected chi connectivity index (χ4v) is 8.32. The fraction of sp³-hybridized carbons (Fsp3) is 0.433. The van der Waals surface area contributed by atoms with Gasteiger partial charge in [-0.15, -0.1) is 0 Å². The summed E-state index contributed by atoms with van der Waals surface area (Å²) < 4.78 is 92.1. The maximum absolute atomic E-state index is 15.2. The number of piperidine rings is 1. The summed E-state index contributed by atoms with van der Waals surface area (Å²) in [7, 11) is -3.80. The molecule has 1 saturated carbocycles. The molecule has 45 heavy (non-hydrogen) atoms. The number of carboxylic acid groups (broad SMARTS) is 1. The number of hydrogen-bond donors (Lipinski definition) is 2. The van der Waals surface area contributed by atoms with Gasteiger partial charge in [0.25, 0.3) is 0 Å². The molecule has 0 radical (unpaired) electrons. The van der Waals surface area contributed by atoms with Gasteiger partial charge in [-0.25, -0.2) is 35.1 Å². The van der Waals surface area contributed by atoms with Crippen molar-refractivity contribution in [3.8, 4) is 0 Å². The molecule has 2 aromatic rings. The Morgan fingerprint density at radius 1 is 1.09 bits per heavy atom. The molecule has 3 aliphatic rings. The zero-order chi connectivity index (χ0) is 32.8. The van der Waals surface area contributed by atoms with Gasteiger partial charge in [0.15, 0.2) is 11.6 Å². The Morgan fingerprint density at radius 2 is 1.71 bits per heavy atom. The number of esters is 1. The molecule has 1 atom stereocenters. The highest BCUT2D eigenvalue weighted by Gasteiger charge is 2.46. The highest BCUT2D eigenvalue weighted by atomic mass is 35.5. The first-order valence-corrected chi connectivity index (χ1v) is 16.2. The number of amidine groups is 1. The topological polar surface area (TPSA) is 125 Å². The molecule has 0 aromatic heterocycles. The fourth-order valence-electron chi connectivity index (χ4n) is 5.97. The largest absolute Gasteiger partial charge is 0.481 e. The SMILES string of the molecule is CCOC(=O)C1=C(C2CCN(S(=O)(=O)C3CC(C(=O)O)C3)CC2)NC(c2c(F)cc(C)cc2F)=N[C@H]1c1ccc(F)c(F)c1Cl. The Labute approximate surface area is 262 Å². The van der Waals surface area contributed by atoms with Crippen LogP contribution in [0, 0.1) is 42.0 Å². The number of carbonyl (C=O) groups excluding carboxylic acids is 1. The van der Waals surface area contributed by atoms with Gasteiger partial charge in [0, 0.05) is 30.3 Å². The molecule has 1 aliphatic carbocycles. The van der Waals surface area contributed by atoms with Gasteiger partial charge in [-0.1, -0.05) is 17.7 Å². The second kappa shape index (κ2) is 12.7. The summed E-state index contributed by atoms with van der Waals surface area (Å²) >= 11 is 6.20. The lowest BCUT2D eigenvalue weighted by Crippen LogP contribution is -2.50. The Kier molecular flexibility index (Phi) is 9.30. The number of ether oxygens (including phenoxy) is 1. The predicted molar refractivity (Wildman–Crippen MR) is 156 cm³/mol. The second-order valence-corrected chi connectivity index (χ2v) is 13.9. The highest BCUT2D eigenvalue weighted by molar-refractivity contribution is 7.89. The third kappa shape index (κ3) is 6.19. The molecule has 2 aliphatic heterocycles. The van der Waals surface area contributed by atoms with Gasteiger partial charge in [0.2, 0.25) is 10.0 Å². The summed E-state index contributed by atoms with van der Waals surface area (Å²) in [4.78, 5) is 29.0. The van der Waals surface area contributed by atoms with Crippen molar-refractivity contribution in [2.24, 2.45) is 16.8 Å². The molecule has 5 rings (SSSR count). The van der Waals surface area contributed by atoms with Crippen molar-refractivity contribution in [3.05, 3.63) is 80.5 Å². The summed E-state index contributed by atoms with van der Waals surface area (Å²) in [5.74, 6) is -8.15. The van der Waals surface area contributed by atoms with E-state index in [1.54, 1.807) is 6.92 Å². The quantitative estimate of drug-likeness (QED) is 0.229. The first kappa shape index (κ1) is 32.9. The van der Waals surface area contributed by atoms with Crippen LogP contribution in [0.2, 0.25) is 5.02 Å². The van der Waals surface area contributed by atoms with Crippen molar-refractivity contribution in [1.82, 2.24) is 9.62 Å². The van der Waals surface area contributed by atoms with Gasteiger partial charge < -0.3 is 15.2 Å². The number of nitrogens with one attached hydrogen (secondary N) is 1. The minimum atomic E-state index is -3.80. The first-order chi connectivity index (χ1) is 21.2. The molecule has 9 nitrogen and oxygen atoms in total. The third-order valence-electron chi connectivity index (χ3n) is 8.44. The van der Waals surface area contributed by atoms with Gasteiger partial charge in [-0.05, 0) is 63.3 Å². The molecule has 2 heterocycles. The second-order valence-electron chi connectivity index (χ2n) is 11.3. The van der Waals surface area contributed by atoms with Crippen LogP contribution in [-0.4, -0.2) is 60.6 Å². The van der Waals surface area contributed by atoms with Crippen LogP contribution < -0.4 is 5.32 Å². The molecule has 2 aromatic carbocycles. The lowest BCUT2D eigenvalue weighted by Gasteiger charge is -2.40. The molecule has 2 N–H and O–H groups in total. The first-order valence-electron chi connectivity index (χ1n) is 14.3. The predicted octanol–water partition coefficient (Wildman–Crippen LogP) is 5.02. The van der Waals surface area contributed by atoms with Gasteiger partial charge >= 0.3 is 11.9 Å². The maximum atomic E-state index is 15.2. The summed E-state index contributed by atoms with van der Waals surface area (Å²) in [6, 6.07) is 2.62. The van der Waals surface area contributed by atoms with Crippen LogP contribution in [0.4, 0.5) is 17.6 Å². The summed E-state index contributed by atoms with van der Waals surface area (Å²) in [5, 5.41) is 10.5. The number of halogens is 5. The van der Waals surface area contributed by atoms with E-state index in [9.17, 15) is 26.8 Å². The zero-order valence-corrected chi connectivity index (χ0v) is 25.8. The molecule has 2 fully saturated rings. The van der Waals surface area contributed by atoms with Crippen molar-refractivity contribution in [2.45, 2.75) is 50.8 Å². The summed E-state index contributed by atoms with van der Waals surface area (Å²) in [6.07, 6.45) is 0.344. The molecule has 1 saturated heterocycles. The highest BCUT2D eigenvalue weighted by Crippen LogP contribution is 2.42. The van der Waals surface area contributed by atoms with Gasteiger partial charge in [0.1, 0.15) is 23.5 Å². The van der Waals surface area contributed by atoms with Crippen molar-refractivity contribution in [1.29, 1.82) is 0 Å². The Hall–Kier alpha value is -3.49. The number of sulfonamides is 1. The molecule has 0 bridgehead atoms. The van der Waals surface area contributed by atoms with Crippen molar-refractivity contribution < 1.29 is 45.4 Å². The maximum Gasteiger partial charge on any atom is 0.338 e. The van der Waals surface area contributed by atoms with E-state index in [1.165, 1.54) is 11.2 Å². The van der Waals surface area contributed by atoms with Crippen LogP contribution in [0.3, 0.4) is 0 Å². The average molecular weight is 672 g/mol. The van der Waals surface area contributed by atoms with E-state index in [2.05, 4.69) is 10.3 Å². The Balaban J connectivity index is 1.56. The molecule has 242 valence electrons. The van der Waals surface area contributed by atoms with Crippen molar-refractivity contribution in [3.63, 3.8) is 0 Å². The van der Waals surface area contributed by atoms with Crippen LogP contribution in [-0.2, 0) is 24.3 Å². The number of carboxylic acids is 1. The van der Waals surface area contributed by atoms with Gasteiger partial charge in [-0.3, -0.25) is 9.79 Å². The summed E-state index contributed by atoms with van der Waals surface area (Å²) in [6.45, 7) is 3.00. The molecule has 0 amide bonds. The van der Waals surface area contributed by atoms with Crippen molar-refractivity contribution in [2.75, 3.05) is 19.7 Å². The monoisotopic (exact) mass is 671 g/mol. The van der Waals surface area contributed by atoms with Gasteiger partial charge in [-0.2, -0.15) is 0 Å². The standard InChI is InChI=1S/C30H30ClF4N3O6S/c1-3-44-30(41)23-26(15-6-8-38(9-7-15)45(42,43)17-12-16(13-17)29(39)40)36-28(22-20(33)10-14(2)11-21(22)34)37-27(23)18-4-5-19(32)25(35)24(18)31/h4-5,10-11,15-17,27H,3,6-9,12-13H2,1-2H3,(H,36,37)(H,39,40)/t16?,17?,27-/m0/s1. The number of aryl methyl sites for hydroxylation is 1. The van der Waals surface area contributed by atoms with Crippen LogP contribution in [0.15, 0.2) is 40.5 Å². The van der Waals surface area contributed by atoms with E-state index in [1.807, 2.05) is 0 Å². The van der Waals surface area contributed by atoms with Crippen LogP contribution in [0.25, 0.3) is 0 Å². The molecular formula is C30H30ClF4N3O6S. The number of hydrogen-bond acceptors (Lipinski definition) is 7. The number of aliphatic carboxylic acids is 1. The van der Waals surface area contributed by atoms with E-state index in [0.717, 1.165) is 24.3 Å². The lowest BCUT2D eigenvalue weighted by atomic mass is 9.85. The van der Waals surface area contributed by atoms with E-state index in [4.69, 9.17) is 21.4 Å². The summed E-state index contributed by atoms with van der Waals surface area (Å²) in [5.41, 5.74) is -0.423. The van der Waals surface area contributed by atoms with E-state index >= 15 is 8.78 Å². The third-order valence-corrected chi connectivity index (χ3v) is 11.1. The van der Waals surface area contributed by atoms with E-state index in [0.29, 0.717) is 5.56 Å². The molecular weight excluding hydrogens is 642 g/mol. The zero-order valence-electron chi connectivity index (χ0n) is 24.2. The Morgan fingerprint density at radius 3 is 2.29 bits per heavy atom. The van der Waals surface area contributed by atoms with Crippen LogP contribution >= 0.6 is 11.6 Å². The molecule has 15 heteroatoms. The number of carbonyl (C=O) groups is 2. The Bertz CT molecular complexity index is 1700. The molecule has 0 unspecified atom stereocenters.